The van der Waals surface area contributed by atoms with Gasteiger partial charge in [0.15, 0.2) is 6.29 Å². The lowest BCUT2D eigenvalue weighted by Crippen LogP contribution is -2.60. The van der Waals surface area contributed by atoms with E-state index in [0.29, 0.717) is 12.8 Å². The fourth-order valence-corrected chi connectivity index (χ4v) is 8.22. The molecule has 0 saturated carbocycles. The minimum absolute atomic E-state index is 0.132. The molecule has 1 fully saturated rings. The van der Waals surface area contributed by atoms with Crippen molar-refractivity contribution in [2.24, 2.45) is 0 Å². The maximum absolute atomic E-state index is 13.0. The number of hydrogen-bond acceptors (Lipinski definition) is 8. The van der Waals surface area contributed by atoms with Crippen LogP contribution in [0.2, 0.25) is 0 Å². The molecule has 0 bridgehead atoms. The van der Waals surface area contributed by atoms with Crippen molar-refractivity contribution in [3.63, 3.8) is 0 Å². The standard InChI is InChI=1S/C48H95NO8/c1-3-5-7-9-11-13-14-15-16-17-18-19-20-21-22-23-24-25-26-27-28-30-32-34-36-38-44(52)49-41(42(51)37-35-33-31-29-12-10-8-6-4-2)40-56-48-47(55)46(54)45(53)43(39-50)57-48/h41-43,45-48,50-51,53-55H,3-40H2,1-2H3,(H,49,52)/t41-,42+,43+,45-,46?,47?,48+/m0/s1. The maximum Gasteiger partial charge on any atom is 0.220 e. The number of carbonyl (C=O) groups is 1. The highest BCUT2D eigenvalue weighted by molar-refractivity contribution is 5.76. The maximum atomic E-state index is 13.0. The van der Waals surface area contributed by atoms with Crippen LogP contribution >= 0.6 is 0 Å². The summed E-state index contributed by atoms with van der Waals surface area (Å²) in [6.45, 7) is 3.83. The molecule has 340 valence electrons. The zero-order valence-corrected chi connectivity index (χ0v) is 37.4. The van der Waals surface area contributed by atoms with E-state index in [0.717, 1.165) is 38.5 Å². The Bertz CT molecular complexity index is 862. The Morgan fingerprint density at radius 3 is 1.25 bits per heavy atom. The van der Waals surface area contributed by atoms with Gasteiger partial charge in [-0.3, -0.25) is 4.79 Å². The highest BCUT2D eigenvalue weighted by atomic mass is 16.7. The molecule has 7 atom stereocenters. The first-order valence-corrected chi connectivity index (χ1v) is 24.7. The van der Waals surface area contributed by atoms with Gasteiger partial charge < -0.3 is 40.3 Å². The number of nitrogens with one attached hydrogen (secondary N) is 1. The molecule has 0 radical (unpaired) electrons. The second kappa shape index (κ2) is 39.3. The van der Waals surface area contributed by atoms with Crippen LogP contribution in [0.1, 0.15) is 245 Å². The van der Waals surface area contributed by atoms with Gasteiger partial charge in [0, 0.05) is 6.42 Å². The summed E-state index contributed by atoms with van der Waals surface area (Å²) in [5.41, 5.74) is 0. The molecule has 9 heteroatoms. The average Bonchev–Trinajstić information content (AvgIpc) is 3.21. The molecule has 0 spiro atoms. The Hall–Kier alpha value is -0.810. The van der Waals surface area contributed by atoms with Crippen molar-refractivity contribution in [2.75, 3.05) is 13.2 Å². The number of rotatable bonds is 42. The van der Waals surface area contributed by atoms with Crippen LogP contribution in [-0.2, 0) is 14.3 Å². The van der Waals surface area contributed by atoms with E-state index in [4.69, 9.17) is 9.47 Å². The van der Waals surface area contributed by atoms with Gasteiger partial charge in [0.25, 0.3) is 0 Å². The Balaban J connectivity index is 2.15. The van der Waals surface area contributed by atoms with E-state index in [-0.39, 0.29) is 12.5 Å². The van der Waals surface area contributed by atoms with E-state index < -0.39 is 49.5 Å². The summed E-state index contributed by atoms with van der Waals surface area (Å²) in [5.74, 6) is -0.141. The zero-order chi connectivity index (χ0) is 41.6. The van der Waals surface area contributed by atoms with Crippen LogP contribution < -0.4 is 5.32 Å². The van der Waals surface area contributed by atoms with Gasteiger partial charge in [-0.05, 0) is 12.8 Å². The number of carbonyl (C=O) groups excluding carboxylic acids is 1. The summed E-state index contributed by atoms with van der Waals surface area (Å²) in [6, 6.07) is -0.710. The zero-order valence-electron chi connectivity index (χ0n) is 37.4. The molecule has 0 aliphatic carbocycles. The molecule has 0 aromatic carbocycles. The van der Waals surface area contributed by atoms with Crippen LogP contribution in [-0.4, -0.2) is 87.5 Å². The van der Waals surface area contributed by atoms with E-state index >= 15 is 0 Å². The number of amides is 1. The molecule has 1 heterocycles. The van der Waals surface area contributed by atoms with Crippen molar-refractivity contribution < 1.29 is 39.8 Å². The largest absolute Gasteiger partial charge is 0.394 e. The van der Waals surface area contributed by atoms with E-state index in [1.165, 1.54) is 180 Å². The van der Waals surface area contributed by atoms with Gasteiger partial charge in [-0.15, -0.1) is 0 Å². The Morgan fingerprint density at radius 2 is 0.877 bits per heavy atom. The fourth-order valence-electron chi connectivity index (χ4n) is 8.22. The molecular formula is C48H95NO8. The topological polar surface area (TPSA) is 149 Å². The molecule has 6 N–H and O–H groups in total. The van der Waals surface area contributed by atoms with Crippen LogP contribution in [0.4, 0.5) is 0 Å². The van der Waals surface area contributed by atoms with Crippen LogP contribution in [0, 0.1) is 0 Å². The van der Waals surface area contributed by atoms with Crippen molar-refractivity contribution >= 4 is 5.91 Å². The van der Waals surface area contributed by atoms with Crippen LogP contribution in [0.5, 0.6) is 0 Å². The van der Waals surface area contributed by atoms with Crippen molar-refractivity contribution in [3.05, 3.63) is 0 Å². The van der Waals surface area contributed by atoms with Gasteiger partial charge >= 0.3 is 0 Å². The SMILES string of the molecule is CCCCCCCCCCCCCCCCCCCCCCCCCCCC(=O)N[C@@H](CO[C@@H]1O[C@H](CO)[C@H](O)C(O)C1O)[C@H](O)CCCCCCCCCCC. The summed E-state index contributed by atoms with van der Waals surface area (Å²) in [4.78, 5) is 13.0. The quantitative estimate of drug-likeness (QED) is 0.0334. The van der Waals surface area contributed by atoms with Crippen molar-refractivity contribution in [1.29, 1.82) is 0 Å². The molecule has 1 amide bonds. The summed E-state index contributed by atoms with van der Waals surface area (Å²) in [7, 11) is 0. The summed E-state index contributed by atoms with van der Waals surface area (Å²) in [6.07, 6.45) is 37.1. The molecule has 1 saturated heterocycles. The van der Waals surface area contributed by atoms with E-state index in [1.54, 1.807) is 0 Å². The molecule has 1 aliphatic heterocycles. The van der Waals surface area contributed by atoms with Crippen molar-refractivity contribution in [3.8, 4) is 0 Å². The highest BCUT2D eigenvalue weighted by Crippen LogP contribution is 2.23. The first-order valence-electron chi connectivity index (χ1n) is 24.7. The molecule has 1 rings (SSSR count). The molecule has 57 heavy (non-hydrogen) atoms. The number of unbranched alkanes of at least 4 members (excludes halogenated alkanes) is 32. The van der Waals surface area contributed by atoms with E-state index in [1.807, 2.05) is 0 Å². The molecule has 0 aromatic heterocycles. The third kappa shape index (κ3) is 30.0. The molecule has 1 aliphatic rings. The van der Waals surface area contributed by atoms with Gasteiger partial charge in [-0.25, -0.2) is 0 Å². The van der Waals surface area contributed by atoms with Crippen LogP contribution in [0.15, 0.2) is 0 Å². The number of ether oxygens (including phenoxy) is 2. The smallest absolute Gasteiger partial charge is 0.220 e. The second-order valence-corrected chi connectivity index (χ2v) is 17.6. The Labute approximate surface area is 351 Å². The van der Waals surface area contributed by atoms with Crippen molar-refractivity contribution in [2.45, 2.75) is 288 Å². The Morgan fingerprint density at radius 1 is 0.526 bits per heavy atom. The minimum Gasteiger partial charge on any atom is -0.394 e. The molecule has 2 unspecified atom stereocenters. The minimum atomic E-state index is -1.55. The first kappa shape index (κ1) is 54.2. The van der Waals surface area contributed by atoms with E-state index in [2.05, 4.69) is 19.2 Å². The molecular weight excluding hydrogens is 719 g/mol. The number of hydrogen-bond donors (Lipinski definition) is 6. The highest BCUT2D eigenvalue weighted by Gasteiger charge is 2.44. The third-order valence-electron chi connectivity index (χ3n) is 12.2. The summed E-state index contributed by atoms with van der Waals surface area (Å²) >= 11 is 0. The molecule has 0 aromatic rings. The second-order valence-electron chi connectivity index (χ2n) is 17.6. The molecule has 9 nitrogen and oxygen atoms in total. The summed E-state index contributed by atoms with van der Waals surface area (Å²) < 4.78 is 11.2. The third-order valence-corrected chi connectivity index (χ3v) is 12.2. The monoisotopic (exact) mass is 814 g/mol. The predicted molar refractivity (Wildman–Crippen MR) is 235 cm³/mol. The van der Waals surface area contributed by atoms with Crippen molar-refractivity contribution in [1.82, 2.24) is 5.32 Å². The lowest BCUT2D eigenvalue weighted by molar-refractivity contribution is -0.302. The Kier molecular flexibility index (Phi) is 37.4. The number of aliphatic hydroxyl groups excluding tert-OH is 5. The first-order chi connectivity index (χ1) is 27.8. The summed E-state index contributed by atoms with van der Waals surface area (Å²) in [5, 5.41) is 54.2. The lowest BCUT2D eigenvalue weighted by Gasteiger charge is -2.40. The van der Waals surface area contributed by atoms with E-state index in [9.17, 15) is 30.3 Å². The normalized spacial score (nSPS) is 20.9. The van der Waals surface area contributed by atoms with Gasteiger partial charge in [0.2, 0.25) is 5.91 Å². The van der Waals surface area contributed by atoms with Crippen LogP contribution in [0.3, 0.4) is 0 Å². The predicted octanol–water partition coefficient (Wildman–Crippen LogP) is 10.7. The van der Waals surface area contributed by atoms with Gasteiger partial charge in [-0.2, -0.15) is 0 Å². The lowest BCUT2D eigenvalue weighted by atomic mass is 9.99. The van der Waals surface area contributed by atoms with Gasteiger partial charge in [0.05, 0.1) is 25.4 Å². The average molecular weight is 814 g/mol. The number of aliphatic hydroxyl groups is 5. The van der Waals surface area contributed by atoms with Crippen LogP contribution in [0.25, 0.3) is 0 Å². The van der Waals surface area contributed by atoms with Gasteiger partial charge in [0.1, 0.15) is 24.4 Å². The van der Waals surface area contributed by atoms with Gasteiger partial charge in [-0.1, -0.05) is 226 Å². The fraction of sp³-hybridized carbons (Fsp3) is 0.979.